The molecular formula is C18H13ClN4O4. The predicted octanol–water partition coefficient (Wildman–Crippen LogP) is 4.66. The van der Waals surface area contributed by atoms with E-state index < -0.39 is 11.0 Å². The standard InChI is InChI=1S/C18H13ClN4O4/c19-15-3-1-2-4-16(15)21-18(24)22-20-11-14-9-10-17(27-14)12-5-7-13(8-6-12)23(25)26/h1-11H,(H2,21,22,24)/b20-11+. The first-order valence-electron chi connectivity index (χ1n) is 7.72. The number of hydrazone groups is 1. The van der Waals surface area contributed by atoms with E-state index in [2.05, 4.69) is 15.8 Å². The zero-order valence-corrected chi connectivity index (χ0v) is 14.5. The number of rotatable bonds is 5. The molecule has 2 amide bonds. The number of carbonyl (C=O) groups excluding carboxylic acids is 1. The van der Waals surface area contributed by atoms with Crippen LogP contribution in [0.2, 0.25) is 5.02 Å². The van der Waals surface area contributed by atoms with Crippen molar-refractivity contribution in [1.29, 1.82) is 0 Å². The number of non-ortho nitro benzene ring substituents is 1. The molecule has 136 valence electrons. The van der Waals surface area contributed by atoms with Crippen molar-refractivity contribution in [3.05, 3.63) is 81.6 Å². The average molecular weight is 385 g/mol. The number of hydrogen-bond acceptors (Lipinski definition) is 5. The van der Waals surface area contributed by atoms with Gasteiger partial charge in [-0.1, -0.05) is 23.7 Å². The summed E-state index contributed by atoms with van der Waals surface area (Å²) in [6.07, 6.45) is 1.33. The summed E-state index contributed by atoms with van der Waals surface area (Å²) in [6.45, 7) is 0. The van der Waals surface area contributed by atoms with Gasteiger partial charge in [0.2, 0.25) is 0 Å². The lowest BCUT2D eigenvalue weighted by atomic mass is 10.1. The second-order valence-electron chi connectivity index (χ2n) is 5.31. The molecule has 0 saturated carbocycles. The summed E-state index contributed by atoms with van der Waals surface area (Å²) < 4.78 is 5.58. The summed E-state index contributed by atoms with van der Waals surface area (Å²) in [6, 6.07) is 15.6. The molecule has 2 aromatic carbocycles. The Morgan fingerprint density at radius 2 is 1.85 bits per heavy atom. The lowest BCUT2D eigenvalue weighted by Gasteiger charge is -2.05. The number of nitro benzene ring substituents is 1. The molecule has 0 aliphatic rings. The minimum atomic E-state index is -0.554. The molecule has 1 heterocycles. The van der Waals surface area contributed by atoms with Crippen molar-refractivity contribution in [3.8, 4) is 11.3 Å². The molecule has 9 heteroatoms. The molecule has 0 aliphatic heterocycles. The van der Waals surface area contributed by atoms with Crippen LogP contribution in [0, 0.1) is 10.1 Å². The van der Waals surface area contributed by atoms with Crippen molar-refractivity contribution in [2.75, 3.05) is 5.32 Å². The van der Waals surface area contributed by atoms with Gasteiger partial charge in [0.15, 0.2) is 0 Å². The third kappa shape index (κ3) is 4.71. The number of urea groups is 1. The van der Waals surface area contributed by atoms with Crippen LogP contribution in [0.15, 0.2) is 70.2 Å². The molecule has 27 heavy (non-hydrogen) atoms. The Morgan fingerprint density at radius 3 is 2.56 bits per heavy atom. The van der Waals surface area contributed by atoms with E-state index in [1.165, 1.54) is 18.3 Å². The van der Waals surface area contributed by atoms with E-state index in [9.17, 15) is 14.9 Å². The smallest absolute Gasteiger partial charge is 0.339 e. The Morgan fingerprint density at radius 1 is 1.11 bits per heavy atom. The quantitative estimate of drug-likeness (QED) is 0.378. The molecule has 0 bridgehead atoms. The van der Waals surface area contributed by atoms with Gasteiger partial charge >= 0.3 is 6.03 Å². The van der Waals surface area contributed by atoms with Crippen molar-refractivity contribution in [1.82, 2.24) is 5.43 Å². The molecule has 0 aliphatic carbocycles. The van der Waals surface area contributed by atoms with E-state index in [1.807, 2.05) is 0 Å². The van der Waals surface area contributed by atoms with Crippen molar-refractivity contribution in [3.63, 3.8) is 0 Å². The van der Waals surface area contributed by atoms with Gasteiger partial charge < -0.3 is 9.73 Å². The van der Waals surface area contributed by atoms with Gasteiger partial charge in [0.05, 0.1) is 21.8 Å². The number of anilines is 1. The van der Waals surface area contributed by atoms with Crippen LogP contribution < -0.4 is 10.7 Å². The van der Waals surface area contributed by atoms with Gasteiger partial charge in [-0.15, -0.1) is 0 Å². The maximum atomic E-state index is 11.8. The molecule has 0 saturated heterocycles. The van der Waals surface area contributed by atoms with Crippen molar-refractivity contribution in [2.24, 2.45) is 5.10 Å². The largest absolute Gasteiger partial charge is 0.455 e. The van der Waals surface area contributed by atoms with Crippen LogP contribution in [-0.2, 0) is 0 Å². The highest BCUT2D eigenvalue weighted by Gasteiger charge is 2.08. The zero-order valence-electron chi connectivity index (χ0n) is 13.8. The van der Waals surface area contributed by atoms with Crippen molar-refractivity contribution >= 4 is 35.2 Å². The fourth-order valence-electron chi connectivity index (χ4n) is 2.19. The summed E-state index contributed by atoms with van der Waals surface area (Å²) >= 11 is 5.95. The third-order valence-corrected chi connectivity index (χ3v) is 3.80. The second-order valence-corrected chi connectivity index (χ2v) is 5.72. The first-order valence-corrected chi connectivity index (χ1v) is 8.10. The topological polar surface area (TPSA) is 110 Å². The number of para-hydroxylation sites is 1. The van der Waals surface area contributed by atoms with Crippen molar-refractivity contribution < 1.29 is 14.1 Å². The van der Waals surface area contributed by atoms with Crippen LogP contribution in [-0.4, -0.2) is 17.2 Å². The molecule has 8 nitrogen and oxygen atoms in total. The molecule has 0 unspecified atom stereocenters. The Kier molecular flexibility index (Phi) is 5.48. The molecule has 2 N–H and O–H groups in total. The molecule has 1 aromatic heterocycles. The Labute approximate surface area is 158 Å². The van der Waals surface area contributed by atoms with E-state index in [0.717, 1.165) is 0 Å². The normalized spacial score (nSPS) is 10.7. The minimum Gasteiger partial charge on any atom is -0.455 e. The molecule has 0 fully saturated rings. The van der Waals surface area contributed by atoms with E-state index in [4.69, 9.17) is 16.0 Å². The fraction of sp³-hybridized carbons (Fsp3) is 0. The van der Waals surface area contributed by atoms with Gasteiger partial charge in [-0.25, -0.2) is 10.2 Å². The second kappa shape index (κ2) is 8.15. The van der Waals surface area contributed by atoms with Gasteiger partial charge in [-0.05, 0) is 36.4 Å². The van der Waals surface area contributed by atoms with Crippen molar-refractivity contribution in [2.45, 2.75) is 0 Å². The third-order valence-electron chi connectivity index (χ3n) is 3.47. The number of nitrogens with zero attached hydrogens (tertiary/aromatic N) is 2. The van der Waals surface area contributed by atoms with E-state index in [-0.39, 0.29) is 5.69 Å². The van der Waals surface area contributed by atoms with Crippen LogP contribution >= 0.6 is 11.6 Å². The molecular weight excluding hydrogens is 372 g/mol. The van der Waals surface area contributed by atoms with Crippen LogP contribution in [0.25, 0.3) is 11.3 Å². The highest BCUT2D eigenvalue weighted by atomic mass is 35.5. The fourth-order valence-corrected chi connectivity index (χ4v) is 2.38. The summed E-state index contributed by atoms with van der Waals surface area (Å²) in [4.78, 5) is 22.0. The van der Waals surface area contributed by atoms with Gasteiger partial charge in [-0.2, -0.15) is 5.10 Å². The molecule has 3 rings (SSSR count). The van der Waals surface area contributed by atoms with Gasteiger partial charge in [0.1, 0.15) is 11.5 Å². The zero-order chi connectivity index (χ0) is 19.2. The highest BCUT2D eigenvalue weighted by Crippen LogP contribution is 2.24. The first kappa shape index (κ1) is 18.2. The van der Waals surface area contributed by atoms with Gasteiger partial charge in [0.25, 0.3) is 5.69 Å². The molecule has 0 spiro atoms. The Hall–Kier alpha value is -3.65. The monoisotopic (exact) mass is 384 g/mol. The first-order chi connectivity index (χ1) is 13.0. The number of benzene rings is 2. The lowest BCUT2D eigenvalue weighted by Crippen LogP contribution is -2.24. The number of furan rings is 1. The molecule has 0 atom stereocenters. The number of nitrogens with one attached hydrogen (secondary N) is 2. The van der Waals surface area contributed by atoms with Gasteiger partial charge in [-0.3, -0.25) is 10.1 Å². The number of nitro groups is 1. The van der Waals surface area contributed by atoms with Gasteiger partial charge in [0, 0.05) is 17.7 Å². The molecule has 0 radical (unpaired) electrons. The summed E-state index contributed by atoms with van der Waals surface area (Å²) in [5.74, 6) is 0.924. The summed E-state index contributed by atoms with van der Waals surface area (Å²) in [7, 11) is 0. The average Bonchev–Trinajstić information content (AvgIpc) is 3.12. The van der Waals surface area contributed by atoms with Crippen LogP contribution in [0.3, 0.4) is 0 Å². The van der Waals surface area contributed by atoms with E-state index in [1.54, 1.807) is 48.5 Å². The maximum absolute atomic E-state index is 11.8. The summed E-state index contributed by atoms with van der Waals surface area (Å²) in [5, 5.41) is 17.4. The summed E-state index contributed by atoms with van der Waals surface area (Å²) in [5.41, 5.74) is 3.45. The highest BCUT2D eigenvalue weighted by molar-refractivity contribution is 6.33. The van der Waals surface area contributed by atoms with E-state index in [0.29, 0.717) is 27.8 Å². The van der Waals surface area contributed by atoms with Crippen LogP contribution in [0.4, 0.5) is 16.2 Å². The van der Waals surface area contributed by atoms with Crippen LogP contribution in [0.1, 0.15) is 5.76 Å². The number of hydrogen-bond donors (Lipinski definition) is 2. The Bertz CT molecular complexity index is 999. The molecule has 3 aromatic rings. The SMILES string of the molecule is O=C(N/N=C/c1ccc(-c2ccc([N+](=O)[O-])cc2)o1)Nc1ccccc1Cl. The number of amides is 2. The Balaban J connectivity index is 1.59. The number of halogens is 1. The number of carbonyl (C=O) groups is 1. The lowest BCUT2D eigenvalue weighted by molar-refractivity contribution is -0.384. The predicted molar refractivity (Wildman–Crippen MR) is 102 cm³/mol. The van der Waals surface area contributed by atoms with Crippen LogP contribution in [0.5, 0.6) is 0 Å². The minimum absolute atomic E-state index is 0.000763. The van der Waals surface area contributed by atoms with E-state index >= 15 is 0 Å². The maximum Gasteiger partial charge on any atom is 0.339 e.